The van der Waals surface area contributed by atoms with Gasteiger partial charge in [0.05, 0.1) is 12.0 Å². The fourth-order valence-corrected chi connectivity index (χ4v) is 2.52. The Balaban J connectivity index is 2.88. The lowest BCUT2D eigenvalue weighted by atomic mass is 10.2. The minimum Gasteiger partial charge on any atom is -0.392 e. The van der Waals surface area contributed by atoms with Gasteiger partial charge in [-0.05, 0) is 20.8 Å². The van der Waals surface area contributed by atoms with Crippen molar-refractivity contribution in [1.29, 1.82) is 0 Å². The molecule has 0 aliphatic carbocycles. The molecule has 0 amide bonds. The first kappa shape index (κ1) is 12.1. The molecule has 7 heteroatoms. The van der Waals surface area contributed by atoms with Gasteiger partial charge >= 0.3 is 11.9 Å². The Morgan fingerprint density at radius 2 is 1.87 bits per heavy atom. The molecule has 1 heterocycles. The van der Waals surface area contributed by atoms with Crippen molar-refractivity contribution in [3.8, 4) is 0 Å². The zero-order valence-electron chi connectivity index (χ0n) is 8.64. The zero-order chi connectivity index (χ0) is 11.9. The van der Waals surface area contributed by atoms with Crippen LogP contribution in [0.25, 0.3) is 0 Å². The van der Waals surface area contributed by atoms with Crippen molar-refractivity contribution < 1.29 is 26.9 Å². The van der Waals surface area contributed by atoms with Crippen molar-refractivity contribution in [2.45, 2.75) is 38.0 Å². The Hall–Kier alpha value is -0.950. The highest BCUT2D eigenvalue weighted by Crippen LogP contribution is 2.22. The molecule has 1 atom stereocenters. The maximum absolute atomic E-state index is 11.5. The lowest BCUT2D eigenvalue weighted by Crippen LogP contribution is -2.34. The van der Waals surface area contributed by atoms with Crippen molar-refractivity contribution in [1.82, 2.24) is 0 Å². The summed E-state index contributed by atoms with van der Waals surface area (Å²) < 4.78 is 31.9. The third kappa shape index (κ3) is 3.00. The summed E-state index contributed by atoms with van der Waals surface area (Å²) in [7, 11) is -4.10. The van der Waals surface area contributed by atoms with Gasteiger partial charge in [0.1, 0.15) is 0 Å². The van der Waals surface area contributed by atoms with E-state index in [0.29, 0.717) is 0 Å². The molecule has 0 radical (unpaired) electrons. The summed E-state index contributed by atoms with van der Waals surface area (Å²) in [6.07, 6.45) is -0.475. The fourth-order valence-electron chi connectivity index (χ4n) is 1.08. The molecule has 1 unspecified atom stereocenters. The molecular formula is C8H12O6S. The topological polar surface area (TPSA) is 86.7 Å². The first-order valence-electron chi connectivity index (χ1n) is 4.31. The summed E-state index contributed by atoms with van der Waals surface area (Å²) in [4.78, 5) is 21.7. The molecule has 1 rings (SSSR count). The molecule has 1 aliphatic rings. The Morgan fingerprint density at radius 3 is 2.20 bits per heavy atom. The second kappa shape index (κ2) is 3.57. The van der Waals surface area contributed by atoms with Gasteiger partial charge in [0, 0.05) is 0 Å². The maximum Gasteiger partial charge on any atom is 0.335 e. The van der Waals surface area contributed by atoms with Gasteiger partial charge in [-0.1, -0.05) is 0 Å². The number of cyclic esters (lactones) is 2. The maximum atomic E-state index is 11.5. The van der Waals surface area contributed by atoms with Crippen LogP contribution in [0.1, 0.15) is 27.2 Å². The minimum atomic E-state index is -4.10. The van der Waals surface area contributed by atoms with Crippen molar-refractivity contribution in [3.05, 3.63) is 0 Å². The molecule has 86 valence electrons. The standard InChI is InChI=1S/C8H12O6S/c1-8(2,3)14-15(11,12)5-4-6(9)13-7(5)10/h5H,4H2,1-3H3. The van der Waals surface area contributed by atoms with Gasteiger partial charge in [0.25, 0.3) is 10.1 Å². The molecule has 0 N–H and O–H groups in total. The summed E-state index contributed by atoms with van der Waals surface area (Å²) in [6.45, 7) is 4.60. The molecule has 1 saturated heterocycles. The van der Waals surface area contributed by atoms with E-state index in [1.165, 1.54) is 20.8 Å². The zero-order valence-corrected chi connectivity index (χ0v) is 9.46. The van der Waals surface area contributed by atoms with E-state index in [1.807, 2.05) is 0 Å². The molecule has 0 spiro atoms. The fraction of sp³-hybridized carbons (Fsp3) is 0.750. The third-order valence-electron chi connectivity index (χ3n) is 1.54. The SMILES string of the molecule is CC(C)(C)OS(=O)(=O)C1CC(=O)OC1=O. The molecule has 1 fully saturated rings. The predicted molar refractivity (Wildman–Crippen MR) is 49.3 cm³/mol. The van der Waals surface area contributed by atoms with Crippen molar-refractivity contribution in [2.75, 3.05) is 0 Å². The van der Waals surface area contributed by atoms with Crippen molar-refractivity contribution in [2.24, 2.45) is 0 Å². The lowest BCUT2D eigenvalue weighted by molar-refractivity contribution is -0.151. The Bertz CT molecular complexity index is 388. The van der Waals surface area contributed by atoms with Gasteiger partial charge in [-0.2, -0.15) is 8.42 Å². The smallest absolute Gasteiger partial charge is 0.335 e. The first-order valence-corrected chi connectivity index (χ1v) is 5.78. The number of ether oxygens (including phenoxy) is 1. The van der Waals surface area contributed by atoms with Gasteiger partial charge < -0.3 is 4.74 Å². The quantitative estimate of drug-likeness (QED) is 0.380. The number of carbonyl (C=O) groups is 2. The number of hydrogen-bond donors (Lipinski definition) is 0. The second-order valence-corrected chi connectivity index (χ2v) is 5.90. The van der Waals surface area contributed by atoms with Crippen LogP contribution in [0.2, 0.25) is 0 Å². The first-order chi connectivity index (χ1) is 6.62. The molecule has 0 saturated carbocycles. The van der Waals surface area contributed by atoms with Gasteiger partial charge in [-0.3, -0.25) is 13.8 Å². The number of esters is 2. The van der Waals surface area contributed by atoms with Crippen LogP contribution in [-0.4, -0.2) is 31.2 Å². The third-order valence-corrected chi connectivity index (χ3v) is 3.33. The summed E-state index contributed by atoms with van der Waals surface area (Å²) >= 11 is 0. The van der Waals surface area contributed by atoms with Crippen LogP contribution >= 0.6 is 0 Å². The molecule has 6 nitrogen and oxygen atoms in total. The number of carbonyl (C=O) groups excluding carboxylic acids is 2. The van der Waals surface area contributed by atoms with Crippen LogP contribution in [0.5, 0.6) is 0 Å². The average molecular weight is 236 g/mol. The molecular weight excluding hydrogens is 224 g/mol. The molecule has 0 bridgehead atoms. The Morgan fingerprint density at radius 1 is 1.33 bits per heavy atom. The monoisotopic (exact) mass is 236 g/mol. The minimum absolute atomic E-state index is 0.475. The highest BCUT2D eigenvalue weighted by atomic mass is 32.2. The normalized spacial score (nSPS) is 23.0. The number of hydrogen-bond acceptors (Lipinski definition) is 6. The average Bonchev–Trinajstić information content (AvgIpc) is 2.24. The lowest BCUT2D eigenvalue weighted by Gasteiger charge is -2.19. The van der Waals surface area contributed by atoms with Crippen molar-refractivity contribution in [3.63, 3.8) is 0 Å². The van der Waals surface area contributed by atoms with Crippen LogP contribution in [0, 0.1) is 0 Å². The van der Waals surface area contributed by atoms with Crippen LogP contribution < -0.4 is 0 Å². The Labute approximate surface area is 87.7 Å². The van der Waals surface area contributed by atoms with E-state index in [2.05, 4.69) is 4.74 Å². The van der Waals surface area contributed by atoms with E-state index in [1.54, 1.807) is 0 Å². The Kier molecular flexibility index (Phi) is 2.88. The summed E-state index contributed by atoms with van der Waals surface area (Å²) in [5, 5.41) is -1.52. The summed E-state index contributed by atoms with van der Waals surface area (Å²) in [5.74, 6) is -1.91. The van der Waals surface area contributed by atoms with Gasteiger partial charge in [0.2, 0.25) is 0 Å². The van der Waals surface area contributed by atoms with Gasteiger partial charge in [0.15, 0.2) is 5.25 Å². The van der Waals surface area contributed by atoms with Crippen LogP contribution in [-0.2, 0) is 28.6 Å². The van der Waals surface area contributed by atoms with E-state index < -0.39 is 39.3 Å². The van der Waals surface area contributed by atoms with E-state index in [-0.39, 0.29) is 0 Å². The molecule has 0 aromatic rings. The highest BCUT2D eigenvalue weighted by molar-refractivity contribution is 7.88. The van der Waals surface area contributed by atoms with Crippen LogP contribution in [0.15, 0.2) is 0 Å². The summed E-state index contributed by atoms with van der Waals surface area (Å²) in [6, 6.07) is 0. The van der Waals surface area contributed by atoms with Gasteiger partial charge in [-0.15, -0.1) is 0 Å². The van der Waals surface area contributed by atoms with E-state index in [9.17, 15) is 18.0 Å². The van der Waals surface area contributed by atoms with E-state index in [4.69, 9.17) is 4.18 Å². The van der Waals surface area contributed by atoms with E-state index in [0.717, 1.165) is 0 Å². The summed E-state index contributed by atoms with van der Waals surface area (Å²) in [5.41, 5.74) is -0.940. The predicted octanol–water partition coefficient (Wildman–Crippen LogP) is -0.0266. The van der Waals surface area contributed by atoms with Crippen LogP contribution in [0.3, 0.4) is 0 Å². The molecule has 15 heavy (non-hydrogen) atoms. The largest absolute Gasteiger partial charge is 0.392 e. The van der Waals surface area contributed by atoms with E-state index >= 15 is 0 Å². The van der Waals surface area contributed by atoms with Crippen LogP contribution in [0.4, 0.5) is 0 Å². The second-order valence-electron chi connectivity index (χ2n) is 4.17. The number of rotatable bonds is 2. The molecule has 1 aliphatic heterocycles. The molecule has 0 aromatic carbocycles. The molecule has 0 aromatic heterocycles. The van der Waals surface area contributed by atoms with Crippen molar-refractivity contribution >= 4 is 22.1 Å². The van der Waals surface area contributed by atoms with Gasteiger partial charge in [-0.25, -0.2) is 0 Å². The highest BCUT2D eigenvalue weighted by Gasteiger charge is 2.45.